The van der Waals surface area contributed by atoms with Crippen molar-refractivity contribution in [3.8, 4) is 0 Å². The topological polar surface area (TPSA) is 12.0 Å². The molecule has 4 heteroatoms. The van der Waals surface area contributed by atoms with Crippen molar-refractivity contribution in [2.75, 3.05) is 5.32 Å². The Labute approximate surface area is 125 Å². The molecule has 1 aliphatic carbocycles. The smallest absolute Gasteiger partial charge is 0.150 e. The summed E-state index contributed by atoms with van der Waals surface area (Å²) in [7, 11) is 0. The molecule has 3 rings (SSSR count). The fourth-order valence-corrected chi connectivity index (χ4v) is 2.82. The van der Waals surface area contributed by atoms with Gasteiger partial charge in [-0.3, -0.25) is 0 Å². The average Bonchev–Trinajstić information content (AvgIpc) is 3.22. The molecule has 1 saturated carbocycles. The number of halogens is 3. The standard InChI is InChI=1S/C16H14BrF2N/c17-14-7-13(18)8-15(19)16(14)20-9-10-2-1-3-12(6-10)11-4-5-11/h1-3,6-8,11,20H,4-5,9H2. The SMILES string of the molecule is Fc1cc(F)c(NCc2cccc(C3CC3)c2)c(Br)c1. The molecule has 0 spiro atoms. The first-order valence-electron chi connectivity index (χ1n) is 6.61. The van der Waals surface area contributed by atoms with Crippen LogP contribution >= 0.6 is 15.9 Å². The van der Waals surface area contributed by atoms with Crippen molar-refractivity contribution in [1.82, 2.24) is 0 Å². The van der Waals surface area contributed by atoms with Crippen molar-refractivity contribution < 1.29 is 8.78 Å². The fraction of sp³-hybridized carbons (Fsp3) is 0.250. The van der Waals surface area contributed by atoms with E-state index >= 15 is 0 Å². The van der Waals surface area contributed by atoms with E-state index in [0.29, 0.717) is 22.6 Å². The third kappa shape index (κ3) is 3.01. The highest BCUT2D eigenvalue weighted by Crippen LogP contribution is 2.40. The zero-order valence-electron chi connectivity index (χ0n) is 10.8. The van der Waals surface area contributed by atoms with Gasteiger partial charge in [0, 0.05) is 17.1 Å². The van der Waals surface area contributed by atoms with Crippen LogP contribution < -0.4 is 5.32 Å². The van der Waals surface area contributed by atoms with Gasteiger partial charge >= 0.3 is 0 Å². The molecule has 2 aromatic carbocycles. The minimum Gasteiger partial charge on any atom is -0.378 e. The van der Waals surface area contributed by atoms with E-state index in [1.165, 1.54) is 24.5 Å². The van der Waals surface area contributed by atoms with Gasteiger partial charge in [0.15, 0.2) is 0 Å². The number of benzene rings is 2. The van der Waals surface area contributed by atoms with E-state index in [1.807, 2.05) is 12.1 Å². The minimum atomic E-state index is -0.588. The summed E-state index contributed by atoms with van der Waals surface area (Å²) in [5.41, 5.74) is 2.75. The molecule has 0 amide bonds. The second kappa shape index (κ2) is 5.52. The van der Waals surface area contributed by atoms with Crippen LogP contribution in [0.4, 0.5) is 14.5 Å². The Morgan fingerprint density at radius 1 is 1.15 bits per heavy atom. The maximum absolute atomic E-state index is 13.7. The summed E-state index contributed by atoms with van der Waals surface area (Å²) >= 11 is 3.18. The normalized spacial score (nSPS) is 14.3. The number of anilines is 1. The highest BCUT2D eigenvalue weighted by atomic mass is 79.9. The average molecular weight is 338 g/mol. The number of hydrogen-bond donors (Lipinski definition) is 1. The van der Waals surface area contributed by atoms with Crippen molar-refractivity contribution in [3.63, 3.8) is 0 Å². The monoisotopic (exact) mass is 337 g/mol. The van der Waals surface area contributed by atoms with E-state index < -0.39 is 11.6 Å². The number of hydrogen-bond acceptors (Lipinski definition) is 1. The highest BCUT2D eigenvalue weighted by molar-refractivity contribution is 9.10. The second-order valence-electron chi connectivity index (χ2n) is 5.12. The van der Waals surface area contributed by atoms with E-state index in [-0.39, 0.29) is 0 Å². The van der Waals surface area contributed by atoms with E-state index in [9.17, 15) is 8.78 Å². The Bertz CT molecular complexity index is 615. The maximum Gasteiger partial charge on any atom is 0.150 e. The molecule has 0 bridgehead atoms. The van der Waals surface area contributed by atoms with Gasteiger partial charge in [-0.2, -0.15) is 0 Å². The van der Waals surface area contributed by atoms with Crippen LogP contribution in [0.3, 0.4) is 0 Å². The molecule has 1 N–H and O–H groups in total. The third-order valence-corrected chi connectivity index (χ3v) is 4.10. The van der Waals surface area contributed by atoms with Crippen molar-refractivity contribution in [3.05, 3.63) is 63.6 Å². The van der Waals surface area contributed by atoms with E-state index in [0.717, 1.165) is 11.6 Å². The first-order valence-corrected chi connectivity index (χ1v) is 7.40. The molecule has 1 aliphatic rings. The van der Waals surface area contributed by atoms with Gasteiger partial charge in [-0.25, -0.2) is 8.78 Å². The van der Waals surface area contributed by atoms with E-state index in [1.54, 1.807) is 0 Å². The summed E-state index contributed by atoms with van der Waals surface area (Å²) in [5, 5.41) is 3.02. The first-order chi connectivity index (χ1) is 9.63. The van der Waals surface area contributed by atoms with Crippen LogP contribution in [0.5, 0.6) is 0 Å². The predicted octanol–water partition coefficient (Wildman–Crippen LogP) is 5.22. The Hall–Kier alpha value is -1.42. The van der Waals surface area contributed by atoms with E-state index in [2.05, 4.69) is 33.4 Å². The van der Waals surface area contributed by atoms with Crippen LogP contribution in [-0.2, 0) is 6.54 Å². The molecular weight excluding hydrogens is 324 g/mol. The molecule has 0 radical (unpaired) electrons. The predicted molar refractivity (Wildman–Crippen MR) is 79.8 cm³/mol. The molecule has 0 unspecified atom stereocenters. The van der Waals surface area contributed by atoms with Gasteiger partial charge in [-0.1, -0.05) is 24.3 Å². The molecule has 0 aromatic heterocycles. The first kappa shape index (κ1) is 13.6. The van der Waals surface area contributed by atoms with Crippen LogP contribution in [0.2, 0.25) is 0 Å². The van der Waals surface area contributed by atoms with Crippen molar-refractivity contribution >= 4 is 21.6 Å². The van der Waals surface area contributed by atoms with Gasteiger partial charge in [0.25, 0.3) is 0 Å². The Kier molecular flexibility index (Phi) is 3.74. The lowest BCUT2D eigenvalue weighted by Gasteiger charge is -2.11. The van der Waals surface area contributed by atoms with Gasteiger partial charge in [-0.15, -0.1) is 0 Å². The van der Waals surface area contributed by atoms with Gasteiger partial charge in [0.05, 0.1) is 5.69 Å². The van der Waals surface area contributed by atoms with Crippen LogP contribution in [0.1, 0.15) is 29.9 Å². The van der Waals surface area contributed by atoms with Crippen LogP contribution in [-0.4, -0.2) is 0 Å². The Morgan fingerprint density at radius 3 is 2.65 bits per heavy atom. The molecule has 1 nitrogen and oxygen atoms in total. The number of nitrogens with one attached hydrogen (secondary N) is 1. The van der Waals surface area contributed by atoms with Crippen molar-refractivity contribution in [2.24, 2.45) is 0 Å². The lowest BCUT2D eigenvalue weighted by molar-refractivity contribution is 0.583. The number of rotatable bonds is 4. The summed E-state index contributed by atoms with van der Waals surface area (Å²) in [5.74, 6) is -0.477. The second-order valence-corrected chi connectivity index (χ2v) is 5.97. The zero-order chi connectivity index (χ0) is 14.1. The van der Waals surface area contributed by atoms with Crippen LogP contribution in [0.25, 0.3) is 0 Å². The van der Waals surface area contributed by atoms with Gasteiger partial charge < -0.3 is 5.32 Å². The Morgan fingerprint density at radius 2 is 1.95 bits per heavy atom. The minimum absolute atomic E-state index is 0.295. The third-order valence-electron chi connectivity index (χ3n) is 3.48. The summed E-state index contributed by atoms with van der Waals surface area (Å²) in [6, 6.07) is 10.5. The highest BCUT2D eigenvalue weighted by Gasteiger charge is 2.23. The van der Waals surface area contributed by atoms with Gasteiger partial charge in [0.1, 0.15) is 11.6 Å². The summed E-state index contributed by atoms with van der Waals surface area (Å²) in [6.07, 6.45) is 2.52. The summed E-state index contributed by atoms with van der Waals surface area (Å²) < 4.78 is 27.1. The molecule has 104 valence electrons. The van der Waals surface area contributed by atoms with Gasteiger partial charge in [0.2, 0.25) is 0 Å². The summed E-state index contributed by atoms with van der Waals surface area (Å²) in [6.45, 7) is 0.516. The van der Waals surface area contributed by atoms with Gasteiger partial charge in [-0.05, 0) is 51.9 Å². The molecule has 0 saturated heterocycles. The molecule has 0 heterocycles. The summed E-state index contributed by atoms with van der Waals surface area (Å²) in [4.78, 5) is 0. The molecule has 2 aromatic rings. The van der Waals surface area contributed by atoms with Crippen molar-refractivity contribution in [1.29, 1.82) is 0 Å². The zero-order valence-corrected chi connectivity index (χ0v) is 12.4. The molecule has 0 atom stereocenters. The van der Waals surface area contributed by atoms with Crippen LogP contribution in [0, 0.1) is 11.6 Å². The quantitative estimate of drug-likeness (QED) is 0.806. The fourth-order valence-electron chi connectivity index (χ4n) is 2.28. The lowest BCUT2D eigenvalue weighted by Crippen LogP contribution is -2.03. The molecular formula is C16H14BrF2N. The largest absolute Gasteiger partial charge is 0.378 e. The van der Waals surface area contributed by atoms with E-state index in [4.69, 9.17) is 0 Å². The molecule has 0 aliphatic heterocycles. The Balaban J connectivity index is 1.74. The van der Waals surface area contributed by atoms with Crippen molar-refractivity contribution in [2.45, 2.75) is 25.3 Å². The maximum atomic E-state index is 13.7. The van der Waals surface area contributed by atoms with Crippen LogP contribution in [0.15, 0.2) is 40.9 Å². The lowest BCUT2D eigenvalue weighted by atomic mass is 10.1. The molecule has 1 fully saturated rings. The molecule has 20 heavy (non-hydrogen) atoms.